The Morgan fingerprint density at radius 2 is 2.20 bits per heavy atom. The molecule has 2 N–H and O–H groups in total. The molecule has 0 saturated carbocycles. The predicted octanol–water partition coefficient (Wildman–Crippen LogP) is 2.03. The quantitative estimate of drug-likeness (QED) is 0.831. The summed E-state index contributed by atoms with van der Waals surface area (Å²) in [6.07, 6.45) is 0.917. The number of hydrogen-bond acceptors (Lipinski definition) is 5. The van der Waals surface area contributed by atoms with Crippen LogP contribution in [0.4, 0.5) is 4.79 Å². The Hall–Kier alpha value is -1.57. The van der Waals surface area contributed by atoms with Gasteiger partial charge in [0.2, 0.25) is 5.91 Å². The first-order chi connectivity index (χ1) is 11.5. The van der Waals surface area contributed by atoms with Crippen molar-refractivity contribution < 1.29 is 14.4 Å². The summed E-state index contributed by atoms with van der Waals surface area (Å²) in [5, 5.41) is 6.18. The van der Waals surface area contributed by atoms with E-state index in [1.165, 1.54) is 4.90 Å². The van der Waals surface area contributed by atoms with Crippen LogP contribution in [0.3, 0.4) is 0 Å². The molecule has 2 heterocycles. The minimum Gasteiger partial charge on any atom is -0.349 e. The zero-order chi connectivity index (χ0) is 17.1. The zero-order valence-electron chi connectivity index (χ0n) is 14.0. The van der Waals surface area contributed by atoms with E-state index in [0.717, 1.165) is 36.8 Å². The third kappa shape index (κ3) is 4.74. The van der Waals surface area contributed by atoms with E-state index >= 15 is 0 Å². The number of thioether (sulfide) groups is 1. The highest BCUT2D eigenvalue weighted by Gasteiger charge is 2.30. The largest absolute Gasteiger partial charge is 0.349 e. The number of nitrogens with zero attached hydrogens (tertiary/aromatic N) is 1. The van der Waals surface area contributed by atoms with Crippen LogP contribution in [0, 0.1) is 5.92 Å². The molecule has 3 amide bonds. The van der Waals surface area contributed by atoms with Gasteiger partial charge in [0.25, 0.3) is 11.1 Å². The first-order valence-electron chi connectivity index (χ1n) is 8.12. The van der Waals surface area contributed by atoms with E-state index < -0.39 is 0 Å². The smallest absolute Gasteiger partial charge is 0.289 e. The third-order valence-electron chi connectivity index (χ3n) is 4.47. The van der Waals surface area contributed by atoms with Crippen molar-refractivity contribution in [3.63, 3.8) is 0 Å². The predicted molar refractivity (Wildman–Crippen MR) is 100.0 cm³/mol. The van der Waals surface area contributed by atoms with Gasteiger partial charge in [0.05, 0.1) is 12.3 Å². The van der Waals surface area contributed by atoms with Gasteiger partial charge in [-0.25, -0.2) is 0 Å². The number of imide groups is 1. The number of rotatable bonds is 4. The lowest BCUT2D eigenvalue weighted by Gasteiger charge is -2.30. The highest BCUT2D eigenvalue weighted by Crippen LogP contribution is 2.21. The van der Waals surface area contributed by atoms with Gasteiger partial charge in [-0.05, 0) is 43.1 Å². The maximum Gasteiger partial charge on any atom is 0.289 e. The molecule has 6 nitrogen and oxygen atoms in total. The molecule has 0 radical (unpaired) electrons. The summed E-state index contributed by atoms with van der Waals surface area (Å²) in [4.78, 5) is 37.1. The highest BCUT2D eigenvalue weighted by molar-refractivity contribution is 8.14. The van der Waals surface area contributed by atoms with E-state index in [9.17, 15) is 14.4 Å². The molecular formula is C17H22ClN3O3S. The second kappa shape index (κ2) is 8.69. The molecule has 8 heteroatoms. The van der Waals surface area contributed by atoms with Gasteiger partial charge < -0.3 is 10.6 Å². The topological polar surface area (TPSA) is 78.5 Å². The zero-order valence-corrected chi connectivity index (χ0v) is 15.6. The molecular weight excluding hydrogens is 362 g/mol. The molecule has 2 aliphatic rings. The lowest BCUT2D eigenvalue weighted by atomic mass is 9.95. The molecule has 2 saturated heterocycles. The van der Waals surface area contributed by atoms with Crippen molar-refractivity contribution in [3.05, 3.63) is 35.4 Å². The minimum atomic E-state index is -0.224. The first kappa shape index (κ1) is 19.8. The standard InChI is InChI=1S/C17H21N3O3S.ClH/c1-11-8-18-6-5-14(11)19-16(22)13-4-2-3-12(7-13)9-20-15(21)10-24-17(20)23;/h2-4,7,11,14,18H,5-6,8-10H2,1H3,(H,19,22);1H. The average molecular weight is 384 g/mol. The Morgan fingerprint density at radius 1 is 1.40 bits per heavy atom. The molecule has 0 aromatic heterocycles. The highest BCUT2D eigenvalue weighted by atomic mass is 35.5. The molecule has 0 spiro atoms. The fraction of sp³-hybridized carbons (Fsp3) is 0.471. The molecule has 2 aliphatic heterocycles. The van der Waals surface area contributed by atoms with Gasteiger partial charge in [0.1, 0.15) is 0 Å². The molecule has 2 atom stereocenters. The Kier molecular flexibility index (Phi) is 6.87. The van der Waals surface area contributed by atoms with Crippen LogP contribution in [0.1, 0.15) is 29.3 Å². The van der Waals surface area contributed by atoms with E-state index in [4.69, 9.17) is 0 Å². The lowest BCUT2D eigenvalue weighted by molar-refractivity contribution is -0.125. The number of carbonyl (C=O) groups is 3. The van der Waals surface area contributed by atoms with Gasteiger partial charge >= 0.3 is 0 Å². The summed E-state index contributed by atoms with van der Waals surface area (Å²) in [6, 6.07) is 7.29. The van der Waals surface area contributed by atoms with E-state index in [-0.39, 0.29) is 47.8 Å². The Labute approximate surface area is 157 Å². The lowest BCUT2D eigenvalue weighted by Crippen LogP contribution is -2.48. The van der Waals surface area contributed by atoms with Gasteiger partial charge in [0, 0.05) is 11.6 Å². The van der Waals surface area contributed by atoms with Crippen LogP contribution in [0.2, 0.25) is 0 Å². The summed E-state index contributed by atoms with van der Waals surface area (Å²) in [5.74, 6) is 0.308. The summed E-state index contributed by atoms with van der Waals surface area (Å²) >= 11 is 1.02. The van der Waals surface area contributed by atoms with Crippen LogP contribution in [0.25, 0.3) is 0 Å². The fourth-order valence-electron chi connectivity index (χ4n) is 3.01. The van der Waals surface area contributed by atoms with Crippen molar-refractivity contribution >= 4 is 41.2 Å². The van der Waals surface area contributed by atoms with Crippen molar-refractivity contribution in [2.45, 2.75) is 25.9 Å². The van der Waals surface area contributed by atoms with Gasteiger partial charge in [-0.1, -0.05) is 30.8 Å². The molecule has 2 fully saturated rings. The number of amides is 3. The molecule has 25 heavy (non-hydrogen) atoms. The van der Waals surface area contributed by atoms with Crippen molar-refractivity contribution in [2.24, 2.45) is 5.92 Å². The molecule has 3 rings (SSSR count). The van der Waals surface area contributed by atoms with Gasteiger partial charge in [0.15, 0.2) is 0 Å². The van der Waals surface area contributed by atoms with E-state index in [1.807, 2.05) is 6.07 Å². The van der Waals surface area contributed by atoms with Crippen LogP contribution in [-0.2, 0) is 11.3 Å². The van der Waals surface area contributed by atoms with Crippen LogP contribution in [0.5, 0.6) is 0 Å². The number of benzene rings is 1. The fourth-order valence-corrected chi connectivity index (χ4v) is 3.73. The van der Waals surface area contributed by atoms with E-state index in [0.29, 0.717) is 11.5 Å². The van der Waals surface area contributed by atoms with Crippen LogP contribution in [-0.4, -0.2) is 46.8 Å². The summed E-state index contributed by atoms with van der Waals surface area (Å²) in [6.45, 7) is 4.15. The molecule has 136 valence electrons. The number of piperidine rings is 1. The normalized spacial score (nSPS) is 23.3. The number of nitrogens with one attached hydrogen (secondary N) is 2. The number of carbonyl (C=O) groups excluding carboxylic acids is 3. The molecule has 0 aliphatic carbocycles. The van der Waals surface area contributed by atoms with Gasteiger partial charge in [-0.3, -0.25) is 19.3 Å². The third-order valence-corrected chi connectivity index (χ3v) is 5.33. The first-order valence-corrected chi connectivity index (χ1v) is 9.11. The molecule has 1 aromatic carbocycles. The van der Waals surface area contributed by atoms with Crippen LogP contribution in [0.15, 0.2) is 24.3 Å². The van der Waals surface area contributed by atoms with Crippen molar-refractivity contribution in [1.29, 1.82) is 0 Å². The monoisotopic (exact) mass is 383 g/mol. The van der Waals surface area contributed by atoms with Crippen molar-refractivity contribution in [2.75, 3.05) is 18.8 Å². The average Bonchev–Trinajstić information content (AvgIpc) is 2.89. The second-order valence-corrected chi connectivity index (χ2v) is 7.21. The second-order valence-electron chi connectivity index (χ2n) is 6.28. The minimum absolute atomic E-state index is 0. The molecule has 2 unspecified atom stereocenters. The summed E-state index contributed by atoms with van der Waals surface area (Å²) < 4.78 is 0. The molecule has 0 bridgehead atoms. The van der Waals surface area contributed by atoms with Gasteiger partial charge in [-0.15, -0.1) is 12.4 Å². The Morgan fingerprint density at radius 3 is 2.88 bits per heavy atom. The van der Waals surface area contributed by atoms with Gasteiger partial charge in [-0.2, -0.15) is 0 Å². The maximum absolute atomic E-state index is 12.5. The number of halogens is 1. The van der Waals surface area contributed by atoms with Crippen LogP contribution >= 0.6 is 24.2 Å². The van der Waals surface area contributed by atoms with Crippen LogP contribution < -0.4 is 10.6 Å². The Bertz CT molecular complexity index is 654. The maximum atomic E-state index is 12.5. The van der Waals surface area contributed by atoms with E-state index in [2.05, 4.69) is 17.6 Å². The Balaban J connectivity index is 0.00000225. The van der Waals surface area contributed by atoms with Crippen molar-refractivity contribution in [3.8, 4) is 0 Å². The molecule has 1 aromatic rings. The van der Waals surface area contributed by atoms with Crippen molar-refractivity contribution in [1.82, 2.24) is 15.5 Å². The van der Waals surface area contributed by atoms with E-state index in [1.54, 1.807) is 18.2 Å². The summed E-state index contributed by atoms with van der Waals surface area (Å²) in [5.41, 5.74) is 1.34. The SMILES string of the molecule is CC1CNCCC1NC(=O)c1cccc(CN2C(=O)CSC2=O)c1.Cl. The summed E-state index contributed by atoms with van der Waals surface area (Å²) in [7, 11) is 0. The number of hydrogen-bond donors (Lipinski definition) is 2.